The van der Waals surface area contributed by atoms with Crippen molar-refractivity contribution in [2.24, 2.45) is 5.73 Å². The van der Waals surface area contributed by atoms with Crippen molar-refractivity contribution in [3.63, 3.8) is 0 Å². The molecule has 1 aromatic rings. The van der Waals surface area contributed by atoms with Gasteiger partial charge in [-0.3, -0.25) is 14.4 Å². The number of hydrogen-bond acceptors (Lipinski definition) is 5. The number of amides is 2. The van der Waals surface area contributed by atoms with Gasteiger partial charge in [0.25, 0.3) is 12.4 Å². The molecule has 0 atom stereocenters. The number of carbonyl (C=O) groups excluding carboxylic acids is 2. The van der Waals surface area contributed by atoms with E-state index < -0.39 is 5.91 Å². The SMILES string of the molecule is COc1ncc(NC(C)=O)cc1C(N)=O.O=CO. The number of nitrogens with two attached hydrogens (primary N) is 1. The molecule has 0 aliphatic rings. The molecule has 0 saturated carbocycles. The van der Waals surface area contributed by atoms with E-state index in [1.807, 2.05) is 0 Å². The van der Waals surface area contributed by atoms with Crippen LogP contribution in [0, 0.1) is 0 Å². The third-order valence-corrected chi connectivity index (χ3v) is 1.63. The van der Waals surface area contributed by atoms with E-state index in [9.17, 15) is 9.59 Å². The first-order valence-electron chi connectivity index (χ1n) is 4.65. The number of rotatable bonds is 3. The molecule has 0 aliphatic carbocycles. The molecule has 0 unspecified atom stereocenters. The summed E-state index contributed by atoms with van der Waals surface area (Å²) < 4.78 is 4.84. The second-order valence-electron chi connectivity index (χ2n) is 2.93. The number of nitrogens with zero attached hydrogens (tertiary/aromatic N) is 1. The van der Waals surface area contributed by atoms with Crippen LogP contribution in [0.5, 0.6) is 5.88 Å². The molecule has 18 heavy (non-hydrogen) atoms. The van der Waals surface area contributed by atoms with Gasteiger partial charge >= 0.3 is 0 Å². The third-order valence-electron chi connectivity index (χ3n) is 1.63. The van der Waals surface area contributed by atoms with Gasteiger partial charge in [0.2, 0.25) is 11.8 Å². The zero-order valence-corrected chi connectivity index (χ0v) is 9.84. The maximum atomic E-state index is 11.0. The van der Waals surface area contributed by atoms with Crippen molar-refractivity contribution in [3.8, 4) is 5.88 Å². The predicted octanol–water partition coefficient (Wildman–Crippen LogP) is -0.152. The van der Waals surface area contributed by atoms with Gasteiger partial charge in [-0.1, -0.05) is 0 Å². The predicted molar refractivity (Wildman–Crippen MR) is 62.3 cm³/mol. The highest BCUT2D eigenvalue weighted by atomic mass is 16.5. The van der Waals surface area contributed by atoms with Gasteiger partial charge in [-0.15, -0.1) is 0 Å². The summed E-state index contributed by atoms with van der Waals surface area (Å²) in [6.07, 6.45) is 1.38. The largest absolute Gasteiger partial charge is 0.483 e. The average molecular weight is 255 g/mol. The zero-order valence-electron chi connectivity index (χ0n) is 9.84. The molecule has 2 amide bonds. The monoisotopic (exact) mass is 255 g/mol. The first-order chi connectivity index (χ1) is 8.46. The molecule has 0 bridgehead atoms. The molecular weight excluding hydrogens is 242 g/mol. The smallest absolute Gasteiger partial charge is 0.290 e. The van der Waals surface area contributed by atoms with Gasteiger partial charge in [0.15, 0.2) is 0 Å². The van der Waals surface area contributed by atoms with Crippen LogP contribution in [0.15, 0.2) is 12.3 Å². The highest BCUT2D eigenvalue weighted by molar-refractivity contribution is 5.97. The van der Waals surface area contributed by atoms with Crippen LogP contribution in [0.25, 0.3) is 0 Å². The number of aromatic nitrogens is 1. The minimum atomic E-state index is -0.661. The van der Waals surface area contributed by atoms with E-state index in [1.54, 1.807) is 0 Å². The lowest BCUT2D eigenvalue weighted by Gasteiger charge is -2.06. The van der Waals surface area contributed by atoms with Crippen LogP contribution in [-0.2, 0) is 9.59 Å². The minimum Gasteiger partial charge on any atom is -0.483 e. The molecule has 0 fully saturated rings. The van der Waals surface area contributed by atoms with Crippen molar-refractivity contribution >= 4 is 24.0 Å². The fourth-order valence-corrected chi connectivity index (χ4v) is 1.06. The molecule has 0 radical (unpaired) electrons. The lowest BCUT2D eigenvalue weighted by molar-refractivity contribution is -0.123. The standard InChI is InChI=1S/C9H11N3O3.CH2O2/c1-5(13)12-6-3-7(8(10)14)9(15-2)11-4-6;2-1-3/h3-4H,1-2H3,(H2,10,14)(H,12,13);1H,(H,2,3). The Balaban J connectivity index is 0.000000873. The Kier molecular flexibility index (Phi) is 6.49. The molecule has 4 N–H and O–H groups in total. The summed E-state index contributed by atoms with van der Waals surface area (Å²) in [5.74, 6) is -0.777. The lowest BCUT2D eigenvalue weighted by Crippen LogP contribution is -2.15. The molecule has 8 heteroatoms. The van der Waals surface area contributed by atoms with Crippen LogP contribution < -0.4 is 15.8 Å². The van der Waals surface area contributed by atoms with Crippen molar-refractivity contribution in [1.29, 1.82) is 0 Å². The van der Waals surface area contributed by atoms with E-state index in [0.717, 1.165) is 0 Å². The minimum absolute atomic E-state index is 0.128. The number of carboxylic acid groups (broad SMARTS) is 1. The van der Waals surface area contributed by atoms with E-state index >= 15 is 0 Å². The second kappa shape index (κ2) is 7.60. The van der Waals surface area contributed by atoms with E-state index in [2.05, 4.69) is 10.3 Å². The molecule has 0 aromatic carbocycles. The zero-order chi connectivity index (χ0) is 14.1. The normalized spacial score (nSPS) is 8.56. The van der Waals surface area contributed by atoms with Gasteiger partial charge in [0.1, 0.15) is 5.56 Å². The topological polar surface area (TPSA) is 132 Å². The van der Waals surface area contributed by atoms with Crippen molar-refractivity contribution in [2.75, 3.05) is 12.4 Å². The van der Waals surface area contributed by atoms with E-state index in [-0.39, 0.29) is 23.8 Å². The summed E-state index contributed by atoms with van der Waals surface area (Å²) in [5, 5.41) is 9.38. The lowest BCUT2D eigenvalue weighted by atomic mass is 10.2. The van der Waals surface area contributed by atoms with Crippen LogP contribution in [0.4, 0.5) is 5.69 Å². The maximum absolute atomic E-state index is 11.0. The van der Waals surface area contributed by atoms with E-state index in [0.29, 0.717) is 5.69 Å². The van der Waals surface area contributed by atoms with Crippen LogP contribution >= 0.6 is 0 Å². The number of pyridine rings is 1. The van der Waals surface area contributed by atoms with Gasteiger partial charge in [-0.2, -0.15) is 0 Å². The van der Waals surface area contributed by atoms with Crippen LogP contribution in [0.3, 0.4) is 0 Å². The number of methoxy groups -OCH3 is 1. The summed E-state index contributed by atoms with van der Waals surface area (Å²) in [7, 11) is 1.38. The molecule has 8 nitrogen and oxygen atoms in total. The van der Waals surface area contributed by atoms with Gasteiger partial charge in [0, 0.05) is 6.92 Å². The Bertz CT molecular complexity index is 447. The summed E-state index contributed by atoms with van der Waals surface area (Å²) >= 11 is 0. The van der Waals surface area contributed by atoms with Crippen LogP contribution in [0.1, 0.15) is 17.3 Å². The number of primary amides is 1. The average Bonchev–Trinajstić information content (AvgIpc) is 2.29. The summed E-state index contributed by atoms with van der Waals surface area (Å²) in [6.45, 7) is 1.11. The molecule has 1 aromatic heterocycles. The van der Waals surface area contributed by atoms with Gasteiger partial charge in [0.05, 0.1) is 19.0 Å². The molecular formula is C10H13N3O5. The molecule has 0 aliphatic heterocycles. The van der Waals surface area contributed by atoms with E-state index in [1.165, 1.54) is 26.3 Å². The van der Waals surface area contributed by atoms with Crippen molar-refractivity contribution < 1.29 is 24.2 Å². The number of ether oxygens (including phenoxy) is 1. The number of carbonyl (C=O) groups is 3. The highest BCUT2D eigenvalue weighted by Gasteiger charge is 2.11. The molecule has 1 rings (SSSR count). The Morgan fingerprint density at radius 2 is 2.11 bits per heavy atom. The fraction of sp³-hybridized carbons (Fsp3) is 0.200. The van der Waals surface area contributed by atoms with Gasteiger partial charge in [-0.05, 0) is 6.07 Å². The first-order valence-corrected chi connectivity index (χ1v) is 4.65. The Hall–Kier alpha value is -2.64. The first kappa shape index (κ1) is 15.4. The van der Waals surface area contributed by atoms with Gasteiger partial charge in [-0.25, -0.2) is 4.98 Å². The molecule has 1 heterocycles. The third kappa shape index (κ3) is 4.92. The van der Waals surface area contributed by atoms with Crippen LogP contribution in [0.2, 0.25) is 0 Å². The number of hydrogen-bond donors (Lipinski definition) is 3. The Morgan fingerprint density at radius 1 is 1.56 bits per heavy atom. The molecule has 0 spiro atoms. The van der Waals surface area contributed by atoms with Crippen LogP contribution in [-0.4, -0.2) is 35.5 Å². The molecule has 98 valence electrons. The van der Waals surface area contributed by atoms with Crippen molar-refractivity contribution in [2.45, 2.75) is 6.92 Å². The van der Waals surface area contributed by atoms with E-state index in [4.69, 9.17) is 20.4 Å². The van der Waals surface area contributed by atoms with Crippen molar-refractivity contribution in [3.05, 3.63) is 17.8 Å². The summed E-state index contributed by atoms with van der Waals surface area (Å²) in [5.41, 5.74) is 5.65. The Labute approximate surface area is 103 Å². The summed E-state index contributed by atoms with van der Waals surface area (Å²) in [4.78, 5) is 34.0. The number of nitrogens with one attached hydrogen (secondary N) is 1. The quantitative estimate of drug-likeness (QED) is 0.643. The Morgan fingerprint density at radius 3 is 2.50 bits per heavy atom. The number of anilines is 1. The fourth-order valence-electron chi connectivity index (χ4n) is 1.06. The summed E-state index contributed by atoms with van der Waals surface area (Å²) in [6, 6.07) is 1.41. The van der Waals surface area contributed by atoms with Gasteiger partial charge < -0.3 is 20.9 Å². The maximum Gasteiger partial charge on any atom is 0.290 e. The molecule has 0 saturated heterocycles. The second-order valence-corrected chi connectivity index (χ2v) is 2.93. The van der Waals surface area contributed by atoms with Crippen molar-refractivity contribution in [1.82, 2.24) is 4.98 Å². The highest BCUT2D eigenvalue weighted by Crippen LogP contribution is 2.18.